The van der Waals surface area contributed by atoms with Crippen molar-refractivity contribution in [1.82, 2.24) is 0 Å². The molecule has 1 aliphatic heterocycles. The maximum atomic E-state index is 12.6. The second kappa shape index (κ2) is 14.3. The van der Waals surface area contributed by atoms with Crippen LogP contribution in [-0.4, -0.2) is 122 Å². The predicted molar refractivity (Wildman–Crippen MR) is 173 cm³/mol. The number of ether oxygens (including phenoxy) is 3. The van der Waals surface area contributed by atoms with Gasteiger partial charge in [-0.25, -0.2) is 0 Å². The summed E-state index contributed by atoms with van der Waals surface area (Å²) in [7, 11) is 1.41. The highest BCUT2D eigenvalue weighted by Crippen LogP contribution is 2.69. The number of hydrogen-bond acceptors (Lipinski definition) is 11. The molecule has 0 radical (unpaired) electrons. The van der Waals surface area contributed by atoms with E-state index in [0.29, 0.717) is 31.8 Å². The fourth-order valence-corrected chi connectivity index (χ4v) is 11.7. The van der Waals surface area contributed by atoms with Crippen molar-refractivity contribution in [2.75, 3.05) is 20.3 Å². The van der Waals surface area contributed by atoms with Gasteiger partial charge in [-0.1, -0.05) is 41.0 Å². The van der Waals surface area contributed by atoms with E-state index < -0.39 is 72.1 Å². The third-order valence-electron chi connectivity index (χ3n) is 14.3. The van der Waals surface area contributed by atoms with Gasteiger partial charge in [-0.05, 0) is 91.3 Å². The van der Waals surface area contributed by atoms with Gasteiger partial charge in [0, 0.05) is 19.4 Å². The highest BCUT2D eigenvalue weighted by molar-refractivity contribution is 5.21. The van der Waals surface area contributed by atoms with Crippen LogP contribution in [0.1, 0.15) is 92.4 Å². The molecular weight excluding hydrogens is 608 g/mol. The zero-order chi connectivity index (χ0) is 34.6. The molecule has 4 saturated carbocycles. The fraction of sp³-hybridized carbons (Fsp3) is 1.00. The molecular formula is C36H64O11. The summed E-state index contributed by atoms with van der Waals surface area (Å²) in [5.74, 6) is -0.278. The molecule has 0 spiro atoms. The average Bonchev–Trinajstić information content (AvgIpc) is 3.40. The average molecular weight is 673 g/mol. The molecule has 0 aromatic rings. The minimum absolute atomic E-state index is 0.0685. The Morgan fingerprint density at radius 2 is 1.53 bits per heavy atom. The van der Waals surface area contributed by atoms with Crippen LogP contribution in [0, 0.1) is 52.3 Å². The number of rotatable bonds is 12. The highest BCUT2D eigenvalue weighted by atomic mass is 16.7. The topological polar surface area (TPSA) is 190 Å². The minimum Gasteiger partial charge on any atom is -0.394 e. The Hall–Kier alpha value is -0.440. The van der Waals surface area contributed by atoms with Crippen LogP contribution in [0.4, 0.5) is 0 Å². The second-order valence-corrected chi connectivity index (χ2v) is 17.0. The first kappa shape index (κ1) is 37.8. The predicted octanol–water partition coefficient (Wildman–Crippen LogP) is 1.58. The van der Waals surface area contributed by atoms with E-state index in [2.05, 4.69) is 34.6 Å². The summed E-state index contributed by atoms with van der Waals surface area (Å²) >= 11 is 0. The van der Waals surface area contributed by atoms with Gasteiger partial charge >= 0.3 is 0 Å². The lowest BCUT2D eigenvalue weighted by Gasteiger charge is -2.65. The first-order valence-corrected chi connectivity index (χ1v) is 18.3. The summed E-state index contributed by atoms with van der Waals surface area (Å²) in [4.78, 5) is 0. The largest absolute Gasteiger partial charge is 0.394 e. The van der Waals surface area contributed by atoms with Crippen LogP contribution in [0.5, 0.6) is 0 Å². The molecule has 47 heavy (non-hydrogen) atoms. The van der Waals surface area contributed by atoms with E-state index in [4.69, 9.17) is 14.2 Å². The van der Waals surface area contributed by atoms with Crippen LogP contribution in [0.3, 0.4) is 0 Å². The lowest BCUT2D eigenvalue weighted by Crippen LogP contribution is -2.68. The third-order valence-corrected chi connectivity index (χ3v) is 14.3. The first-order chi connectivity index (χ1) is 22.0. The zero-order valence-electron chi connectivity index (χ0n) is 29.3. The van der Waals surface area contributed by atoms with Gasteiger partial charge in [-0.15, -0.1) is 0 Å². The fourth-order valence-electron chi connectivity index (χ4n) is 11.7. The Bertz CT molecular complexity index is 1040. The van der Waals surface area contributed by atoms with Crippen molar-refractivity contribution < 1.29 is 55.1 Å². The van der Waals surface area contributed by atoms with E-state index in [0.717, 1.165) is 32.1 Å². The first-order valence-electron chi connectivity index (χ1n) is 18.3. The van der Waals surface area contributed by atoms with Gasteiger partial charge in [0.15, 0.2) is 6.29 Å². The van der Waals surface area contributed by atoms with Crippen molar-refractivity contribution in [3.8, 4) is 0 Å². The van der Waals surface area contributed by atoms with E-state index >= 15 is 0 Å². The molecule has 0 bridgehead atoms. The standard InChI is InChI=1S/C36H64O11/c1-18(2)20(11-14-46-33-30(43)28(41)31(47-33)24(17-37)45-6)8-7-19(3)26-27(40)29(42)32-35(26,5)13-10-25-34(4)12-9-21(38)15-22(34)23(39)16-36(25,32)44/h18-33,37-44H,7-17H2,1-6H3/t19-,20-,21+,22?,23+,24+,25?,26+,27-,28-,29+,30-,31+,32?,33-,34+,35-,36+/m1/s1. The van der Waals surface area contributed by atoms with Gasteiger partial charge in [0.1, 0.15) is 24.4 Å². The van der Waals surface area contributed by atoms with Gasteiger partial charge in [-0.2, -0.15) is 0 Å². The lowest BCUT2D eigenvalue weighted by molar-refractivity contribution is -0.264. The van der Waals surface area contributed by atoms with E-state index in [1.165, 1.54) is 7.11 Å². The normalized spacial score (nSPS) is 50.1. The molecule has 0 aromatic carbocycles. The monoisotopic (exact) mass is 672 g/mol. The van der Waals surface area contributed by atoms with Crippen LogP contribution >= 0.6 is 0 Å². The Labute approximate surface area is 280 Å². The number of hydrogen-bond donors (Lipinski definition) is 8. The smallest absolute Gasteiger partial charge is 0.186 e. The van der Waals surface area contributed by atoms with Crippen molar-refractivity contribution in [3.63, 3.8) is 0 Å². The number of aliphatic hydroxyl groups is 8. The number of methoxy groups -OCH3 is 1. The zero-order valence-corrected chi connectivity index (χ0v) is 29.3. The number of fused-ring (bicyclic) bond motifs is 5. The Morgan fingerprint density at radius 1 is 0.851 bits per heavy atom. The molecule has 4 aliphatic carbocycles. The van der Waals surface area contributed by atoms with Crippen molar-refractivity contribution in [3.05, 3.63) is 0 Å². The maximum absolute atomic E-state index is 12.6. The molecule has 0 aromatic heterocycles. The van der Waals surface area contributed by atoms with Crippen LogP contribution in [0.2, 0.25) is 0 Å². The Morgan fingerprint density at radius 3 is 2.17 bits per heavy atom. The summed E-state index contributed by atoms with van der Waals surface area (Å²) in [6.07, 6.45) is -2.43. The van der Waals surface area contributed by atoms with Crippen LogP contribution in [-0.2, 0) is 14.2 Å². The van der Waals surface area contributed by atoms with Gasteiger partial charge in [0.05, 0.1) is 43.2 Å². The van der Waals surface area contributed by atoms with Crippen LogP contribution in [0.25, 0.3) is 0 Å². The quantitative estimate of drug-likeness (QED) is 0.150. The van der Waals surface area contributed by atoms with E-state index in [9.17, 15) is 40.9 Å². The Kier molecular flexibility index (Phi) is 11.5. The van der Waals surface area contributed by atoms with Gasteiger partial charge in [0.25, 0.3) is 0 Å². The summed E-state index contributed by atoms with van der Waals surface area (Å²) in [5, 5.41) is 88.0. The number of aliphatic hydroxyl groups excluding tert-OH is 7. The van der Waals surface area contributed by atoms with Gasteiger partial charge < -0.3 is 55.1 Å². The summed E-state index contributed by atoms with van der Waals surface area (Å²) in [6.45, 7) is 10.7. The maximum Gasteiger partial charge on any atom is 0.186 e. The van der Waals surface area contributed by atoms with Crippen LogP contribution in [0.15, 0.2) is 0 Å². The minimum atomic E-state index is -1.30. The summed E-state index contributed by atoms with van der Waals surface area (Å²) in [5.41, 5.74) is -2.14. The van der Waals surface area contributed by atoms with Crippen molar-refractivity contribution in [1.29, 1.82) is 0 Å². The molecule has 8 N–H and O–H groups in total. The van der Waals surface area contributed by atoms with Crippen LogP contribution < -0.4 is 0 Å². The third kappa shape index (κ3) is 6.47. The molecule has 11 nitrogen and oxygen atoms in total. The molecule has 5 aliphatic rings. The molecule has 1 saturated heterocycles. The molecule has 3 unspecified atom stereocenters. The molecule has 0 amide bonds. The second-order valence-electron chi connectivity index (χ2n) is 17.0. The Balaban J connectivity index is 1.23. The summed E-state index contributed by atoms with van der Waals surface area (Å²) in [6, 6.07) is 0. The van der Waals surface area contributed by atoms with E-state index in [1.807, 2.05) is 0 Å². The molecule has 5 fully saturated rings. The highest BCUT2D eigenvalue weighted by Gasteiger charge is 2.72. The molecule has 274 valence electrons. The van der Waals surface area contributed by atoms with Gasteiger partial charge in [-0.3, -0.25) is 0 Å². The van der Waals surface area contributed by atoms with Crippen molar-refractivity contribution >= 4 is 0 Å². The van der Waals surface area contributed by atoms with E-state index in [-0.39, 0.29) is 48.0 Å². The molecule has 11 heteroatoms. The van der Waals surface area contributed by atoms with Gasteiger partial charge in [0.2, 0.25) is 0 Å². The van der Waals surface area contributed by atoms with Crippen molar-refractivity contribution in [2.24, 2.45) is 52.3 Å². The molecule has 18 atom stereocenters. The SMILES string of the molecule is CO[C@@H](CO)[C@@H]1O[C@@H](OCC[C@@H](CC[C@@H](C)[C@H]2[C@@H](O)[C@H](O)C3[C@]4(O)C[C@H](O)C5C[C@@H](O)CC[C@]5(C)C4CC[C@@]32C)C(C)C)[C@H](O)[C@H]1O. The molecule has 1 heterocycles. The summed E-state index contributed by atoms with van der Waals surface area (Å²) < 4.78 is 16.8. The van der Waals surface area contributed by atoms with E-state index in [1.54, 1.807) is 0 Å². The van der Waals surface area contributed by atoms with Crippen molar-refractivity contribution in [2.45, 2.75) is 153 Å². The lowest BCUT2D eigenvalue weighted by atomic mass is 9.42. The molecule has 5 rings (SSSR count).